The van der Waals surface area contributed by atoms with E-state index in [1.165, 1.54) is 0 Å². The van der Waals surface area contributed by atoms with E-state index in [-0.39, 0.29) is 11.8 Å². The van der Waals surface area contributed by atoms with E-state index < -0.39 is 0 Å². The molecule has 0 unspecified atom stereocenters. The van der Waals surface area contributed by atoms with Crippen molar-refractivity contribution in [1.82, 2.24) is 10.9 Å². The van der Waals surface area contributed by atoms with Gasteiger partial charge in [-0.15, -0.1) is 0 Å². The summed E-state index contributed by atoms with van der Waals surface area (Å²) in [5.41, 5.74) is 6.92. The van der Waals surface area contributed by atoms with E-state index in [0.29, 0.717) is 22.6 Å². The lowest BCUT2D eigenvalue weighted by Gasteiger charge is -2.04. The zero-order valence-corrected chi connectivity index (χ0v) is 13.5. The van der Waals surface area contributed by atoms with Crippen molar-refractivity contribution in [1.29, 1.82) is 0 Å². The average Bonchev–Trinajstić information content (AvgIpc) is 2.64. The molecule has 2 aromatic rings. The maximum Gasteiger partial charge on any atom is 0.271 e. The molecule has 6 nitrogen and oxygen atoms in total. The van der Waals surface area contributed by atoms with Crippen LogP contribution in [0.15, 0.2) is 70.9 Å². The molecule has 0 heterocycles. The van der Waals surface area contributed by atoms with Crippen LogP contribution in [0.3, 0.4) is 0 Å². The Morgan fingerprint density at radius 1 is 0.667 bits per heavy atom. The first-order valence-corrected chi connectivity index (χ1v) is 7.37. The van der Waals surface area contributed by atoms with Crippen molar-refractivity contribution >= 4 is 23.2 Å². The average molecular weight is 322 g/mol. The molecule has 0 spiro atoms. The van der Waals surface area contributed by atoms with Crippen molar-refractivity contribution in [3.8, 4) is 0 Å². The highest BCUT2D eigenvalue weighted by atomic mass is 16.2. The van der Waals surface area contributed by atoms with Gasteiger partial charge in [-0.3, -0.25) is 9.59 Å². The predicted octanol–water partition coefficient (Wildman–Crippen LogP) is 2.60. The molecule has 0 aromatic heterocycles. The number of benzene rings is 2. The van der Waals surface area contributed by atoms with E-state index in [9.17, 15) is 9.59 Å². The van der Waals surface area contributed by atoms with Crippen LogP contribution in [-0.4, -0.2) is 23.2 Å². The predicted molar refractivity (Wildman–Crippen MR) is 94.0 cm³/mol. The molecule has 0 radical (unpaired) electrons. The van der Waals surface area contributed by atoms with E-state index in [1.807, 2.05) is 12.1 Å². The first-order valence-electron chi connectivity index (χ1n) is 7.37. The zero-order chi connectivity index (χ0) is 17.4. The van der Waals surface area contributed by atoms with Gasteiger partial charge in [0.2, 0.25) is 0 Å². The number of nitrogens with zero attached hydrogens (tertiary/aromatic N) is 2. The van der Waals surface area contributed by atoms with Crippen LogP contribution < -0.4 is 10.9 Å². The van der Waals surface area contributed by atoms with Crippen LogP contribution in [0.1, 0.15) is 34.6 Å². The minimum Gasteiger partial charge on any atom is -0.267 e. The fourth-order valence-corrected chi connectivity index (χ4v) is 1.74. The second kappa shape index (κ2) is 8.38. The summed E-state index contributed by atoms with van der Waals surface area (Å²) in [6.07, 6.45) is 0. The van der Waals surface area contributed by atoms with Gasteiger partial charge in [0.15, 0.2) is 0 Å². The van der Waals surface area contributed by atoms with Crippen LogP contribution in [0.25, 0.3) is 0 Å². The number of amides is 2. The van der Waals surface area contributed by atoms with Crippen molar-refractivity contribution in [2.75, 3.05) is 0 Å². The van der Waals surface area contributed by atoms with Crippen molar-refractivity contribution in [3.05, 3.63) is 71.8 Å². The van der Waals surface area contributed by atoms with E-state index in [4.69, 9.17) is 0 Å². The standard InChI is InChI=1S/C18H18N4O2/c1-13(19-21-17(23)15-9-5-3-6-10-15)14(2)20-22-18(24)16-11-7-4-8-12-16/h3-12H,1-2H3,(H,21,23)(H,22,24)/b19-13-,20-14+. The Morgan fingerprint density at radius 3 is 1.33 bits per heavy atom. The number of carbonyl (C=O) groups excluding carboxylic acids is 2. The highest BCUT2D eigenvalue weighted by Gasteiger charge is 2.06. The van der Waals surface area contributed by atoms with E-state index in [0.717, 1.165) is 0 Å². The second-order valence-electron chi connectivity index (χ2n) is 5.01. The fourth-order valence-electron chi connectivity index (χ4n) is 1.74. The van der Waals surface area contributed by atoms with Crippen LogP contribution >= 0.6 is 0 Å². The third-order valence-electron chi connectivity index (χ3n) is 3.25. The molecule has 2 aromatic carbocycles. The summed E-state index contributed by atoms with van der Waals surface area (Å²) in [6.45, 7) is 3.39. The Balaban J connectivity index is 1.94. The van der Waals surface area contributed by atoms with E-state index in [1.54, 1.807) is 62.4 Å². The number of hydrogen-bond acceptors (Lipinski definition) is 4. The molecule has 2 amide bonds. The van der Waals surface area contributed by atoms with Gasteiger partial charge >= 0.3 is 0 Å². The molecular weight excluding hydrogens is 304 g/mol. The number of nitrogens with one attached hydrogen (secondary N) is 2. The minimum absolute atomic E-state index is 0.309. The van der Waals surface area contributed by atoms with Crippen molar-refractivity contribution in [3.63, 3.8) is 0 Å². The summed E-state index contributed by atoms with van der Waals surface area (Å²) in [7, 11) is 0. The summed E-state index contributed by atoms with van der Waals surface area (Å²) in [5, 5.41) is 7.97. The van der Waals surface area contributed by atoms with Crippen LogP contribution in [0, 0.1) is 0 Å². The lowest BCUT2D eigenvalue weighted by Crippen LogP contribution is -2.24. The van der Waals surface area contributed by atoms with Crippen LogP contribution in [0.5, 0.6) is 0 Å². The number of carbonyl (C=O) groups is 2. The number of rotatable bonds is 5. The van der Waals surface area contributed by atoms with Gasteiger partial charge in [-0.1, -0.05) is 36.4 Å². The largest absolute Gasteiger partial charge is 0.271 e. The summed E-state index contributed by atoms with van der Waals surface area (Å²) < 4.78 is 0. The van der Waals surface area contributed by atoms with Crippen LogP contribution in [-0.2, 0) is 0 Å². The second-order valence-corrected chi connectivity index (χ2v) is 5.01. The molecule has 6 heteroatoms. The van der Waals surface area contributed by atoms with Crippen molar-refractivity contribution in [2.24, 2.45) is 10.2 Å². The first-order chi connectivity index (χ1) is 11.6. The third kappa shape index (κ3) is 4.88. The number of hydrogen-bond donors (Lipinski definition) is 2. The molecule has 24 heavy (non-hydrogen) atoms. The molecule has 2 N–H and O–H groups in total. The zero-order valence-electron chi connectivity index (χ0n) is 13.5. The van der Waals surface area contributed by atoms with Gasteiger partial charge in [0, 0.05) is 11.1 Å². The van der Waals surface area contributed by atoms with Gasteiger partial charge < -0.3 is 0 Å². The first kappa shape index (κ1) is 17.1. The number of hydrazone groups is 2. The highest BCUT2D eigenvalue weighted by Crippen LogP contribution is 1.99. The molecule has 0 saturated heterocycles. The lowest BCUT2D eigenvalue weighted by molar-refractivity contribution is 0.0946. The Bertz CT molecular complexity index is 701. The molecule has 0 atom stereocenters. The van der Waals surface area contributed by atoms with Gasteiger partial charge in [-0.2, -0.15) is 10.2 Å². The van der Waals surface area contributed by atoms with Crippen molar-refractivity contribution in [2.45, 2.75) is 13.8 Å². The van der Waals surface area contributed by atoms with E-state index in [2.05, 4.69) is 21.1 Å². The van der Waals surface area contributed by atoms with Gasteiger partial charge in [-0.25, -0.2) is 10.9 Å². The van der Waals surface area contributed by atoms with Crippen LogP contribution in [0.2, 0.25) is 0 Å². The fraction of sp³-hybridized carbons (Fsp3) is 0.111. The Hall–Kier alpha value is -3.28. The third-order valence-corrected chi connectivity index (χ3v) is 3.25. The molecule has 2 rings (SSSR count). The topological polar surface area (TPSA) is 82.9 Å². The molecular formula is C18H18N4O2. The molecule has 0 fully saturated rings. The minimum atomic E-state index is -0.309. The smallest absolute Gasteiger partial charge is 0.267 e. The molecule has 0 saturated carbocycles. The highest BCUT2D eigenvalue weighted by molar-refractivity contribution is 6.40. The summed E-state index contributed by atoms with van der Waals surface area (Å²) >= 11 is 0. The molecule has 0 aliphatic carbocycles. The Kier molecular flexibility index (Phi) is 5.96. The summed E-state index contributed by atoms with van der Waals surface area (Å²) in [6, 6.07) is 17.5. The lowest BCUT2D eigenvalue weighted by atomic mass is 10.2. The SMILES string of the molecule is CC(=N/NC(=O)c1ccccc1)/C(C)=N/NC(=O)c1ccccc1. The Morgan fingerprint density at radius 2 is 1.00 bits per heavy atom. The molecule has 122 valence electrons. The molecule has 0 aliphatic heterocycles. The van der Waals surface area contributed by atoms with Gasteiger partial charge in [0.1, 0.15) is 0 Å². The Labute approximate surface area is 140 Å². The summed E-state index contributed by atoms with van der Waals surface area (Å²) in [4.78, 5) is 23.8. The van der Waals surface area contributed by atoms with E-state index >= 15 is 0 Å². The van der Waals surface area contributed by atoms with Crippen molar-refractivity contribution < 1.29 is 9.59 Å². The maximum atomic E-state index is 11.9. The normalized spacial score (nSPS) is 11.8. The molecule has 0 aliphatic rings. The molecule has 0 bridgehead atoms. The van der Waals surface area contributed by atoms with Crippen LogP contribution in [0.4, 0.5) is 0 Å². The summed E-state index contributed by atoms with van der Waals surface area (Å²) in [5.74, 6) is -0.618. The van der Waals surface area contributed by atoms with Gasteiger partial charge in [0.05, 0.1) is 11.4 Å². The monoisotopic (exact) mass is 322 g/mol. The maximum absolute atomic E-state index is 11.9. The quantitative estimate of drug-likeness (QED) is 0.655. The van der Waals surface area contributed by atoms with Gasteiger partial charge in [0.25, 0.3) is 11.8 Å². The van der Waals surface area contributed by atoms with Gasteiger partial charge in [-0.05, 0) is 38.1 Å².